The van der Waals surface area contributed by atoms with Gasteiger partial charge in [0.05, 0.1) is 11.1 Å². The van der Waals surface area contributed by atoms with E-state index in [9.17, 15) is 19.2 Å². The minimum atomic E-state index is -0.931. The second-order valence-electron chi connectivity index (χ2n) is 8.67. The van der Waals surface area contributed by atoms with Gasteiger partial charge in [0.1, 0.15) is 6.04 Å². The van der Waals surface area contributed by atoms with Gasteiger partial charge in [-0.3, -0.25) is 34.3 Å². The Kier molecular flexibility index (Phi) is 4.29. The SMILES string of the molecule is NC1CC2CCC1N(Cc1ccc3c(c1)C(=O)N(C1CCC(=O)NC1=O)C3=O)C2. The lowest BCUT2D eigenvalue weighted by Crippen LogP contribution is -2.58. The number of carbonyl (C=O) groups is 4. The first-order chi connectivity index (χ1) is 13.9. The zero-order chi connectivity index (χ0) is 20.3. The standard InChI is InChI=1S/C21H24N4O4/c22-15-8-12-2-4-16(15)24(10-12)9-11-1-3-13-14(7-11)21(29)25(20(13)28)17-5-6-18(26)23-19(17)27/h1,3,7,12,15-17H,2,4-6,8-10,22H2,(H,23,26,27). The molecule has 5 aliphatic rings. The maximum Gasteiger partial charge on any atom is 0.262 e. The van der Waals surface area contributed by atoms with Crippen LogP contribution >= 0.6 is 0 Å². The number of imide groups is 2. The van der Waals surface area contributed by atoms with E-state index < -0.39 is 23.8 Å². The van der Waals surface area contributed by atoms with E-state index in [-0.39, 0.29) is 24.8 Å². The number of rotatable bonds is 3. The minimum absolute atomic E-state index is 0.118. The fourth-order valence-corrected chi connectivity index (χ4v) is 5.40. The number of nitrogens with two attached hydrogens (primary N) is 1. The largest absolute Gasteiger partial charge is 0.326 e. The summed E-state index contributed by atoms with van der Waals surface area (Å²) < 4.78 is 0. The Labute approximate surface area is 168 Å². The predicted octanol–water partition coefficient (Wildman–Crippen LogP) is 0.399. The van der Waals surface area contributed by atoms with Crippen LogP contribution < -0.4 is 11.1 Å². The van der Waals surface area contributed by atoms with E-state index in [1.165, 1.54) is 6.42 Å². The number of hydrogen-bond acceptors (Lipinski definition) is 6. The maximum absolute atomic E-state index is 13.0. The van der Waals surface area contributed by atoms with Gasteiger partial charge < -0.3 is 5.73 Å². The van der Waals surface area contributed by atoms with Crippen LogP contribution in [0.15, 0.2) is 18.2 Å². The Hall–Kier alpha value is -2.58. The number of benzene rings is 1. The molecule has 8 heteroatoms. The highest BCUT2D eigenvalue weighted by molar-refractivity contribution is 6.23. The van der Waals surface area contributed by atoms with Crippen molar-refractivity contribution in [2.45, 2.75) is 56.8 Å². The molecule has 29 heavy (non-hydrogen) atoms. The topological polar surface area (TPSA) is 113 Å². The van der Waals surface area contributed by atoms with Gasteiger partial charge in [-0.25, -0.2) is 0 Å². The summed E-state index contributed by atoms with van der Waals surface area (Å²) in [7, 11) is 0. The molecule has 1 saturated carbocycles. The first-order valence-electron chi connectivity index (χ1n) is 10.3. The molecule has 0 aromatic heterocycles. The minimum Gasteiger partial charge on any atom is -0.326 e. The van der Waals surface area contributed by atoms with Crippen LogP contribution in [0.25, 0.3) is 0 Å². The number of nitrogens with zero attached hydrogens (tertiary/aromatic N) is 2. The van der Waals surface area contributed by atoms with Crippen molar-refractivity contribution in [2.75, 3.05) is 6.54 Å². The first kappa shape index (κ1) is 18.4. The monoisotopic (exact) mass is 396 g/mol. The molecule has 4 aliphatic heterocycles. The third-order valence-electron chi connectivity index (χ3n) is 6.82. The molecule has 152 valence electrons. The van der Waals surface area contributed by atoms with Crippen molar-refractivity contribution < 1.29 is 19.2 Å². The van der Waals surface area contributed by atoms with Gasteiger partial charge >= 0.3 is 0 Å². The van der Waals surface area contributed by atoms with Crippen LogP contribution in [0.2, 0.25) is 0 Å². The Bertz CT molecular complexity index is 929. The van der Waals surface area contributed by atoms with Crippen LogP contribution in [0, 0.1) is 5.92 Å². The Morgan fingerprint density at radius 2 is 1.83 bits per heavy atom. The van der Waals surface area contributed by atoms with Crippen LogP contribution in [0.3, 0.4) is 0 Å². The van der Waals surface area contributed by atoms with Gasteiger partial charge in [0.15, 0.2) is 0 Å². The van der Waals surface area contributed by atoms with Crippen LogP contribution in [0.4, 0.5) is 0 Å². The van der Waals surface area contributed by atoms with Gasteiger partial charge in [-0.05, 0) is 49.3 Å². The quantitative estimate of drug-likeness (QED) is 0.715. The van der Waals surface area contributed by atoms with Crippen molar-refractivity contribution in [3.63, 3.8) is 0 Å². The first-order valence-corrected chi connectivity index (χ1v) is 10.3. The molecule has 2 bridgehead atoms. The molecule has 1 aromatic carbocycles. The third kappa shape index (κ3) is 2.98. The maximum atomic E-state index is 13.0. The number of nitrogens with one attached hydrogen (secondary N) is 1. The zero-order valence-electron chi connectivity index (χ0n) is 16.1. The number of amides is 4. The van der Waals surface area contributed by atoms with E-state index >= 15 is 0 Å². The summed E-state index contributed by atoms with van der Waals surface area (Å²) in [4.78, 5) is 52.7. The Balaban J connectivity index is 1.37. The molecular weight excluding hydrogens is 372 g/mol. The molecule has 4 unspecified atom stereocenters. The van der Waals surface area contributed by atoms with Crippen molar-refractivity contribution in [2.24, 2.45) is 11.7 Å². The lowest BCUT2D eigenvalue weighted by atomic mass is 9.77. The second kappa shape index (κ2) is 6.74. The van der Waals surface area contributed by atoms with Gasteiger partial charge in [0.25, 0.3) is 11.8 Å². The van der Waals surface area contributed by atoms with E-state index in [0.717, 1.165) is 29.8 Å². The lowest BCUT2D eigenvalue weighted by Gasteiger charge is -2.49. The summed E-state index contributed by atoms with van der Waals surface area (Å²) >= 11 is 0. The molecule has 1 aromatic rings. The number of hydrogen-bond donors (Lipinski definition) is 2. The highest BCUT2D eigenvalue weighted by Gasteiger charge is 2.45. The fourth-order valence-electron chi connectivity index (χ4n) is 5.40. The molecule has 6 rings (SSSR count). The molecule has 4 atom stereocenters. The Morgan fingerprint density at radius 3 is 2.55 bits per heavy atom. The van der Waals surface area contributed by atoms with Gasteiger partial charge in [-0.2, -0.15) is 0 Å². The molecule has 3 saturated heterocycles. The lowest BCUT2D eigenvalue weighted by molar-refractivity contribution is -0.136. The molecule has 4 amide bonds. The molecule has 8 nitrogen and oxygen atoms in total. The van der Waals surface area contributed by atoms with Crippen LogP contribution in [-0.2, 0) is 16.1 Å². The number of carbonyl (C=O) groups excluding carboxylic acids is 4. The van der Waals surface area contributed by atoms with E-state index in [0.29, 0.717) is 29.6 Å². The fraction of sp³-hybridized carbons (Fsp3) is 0.524. The number of fused-ring (bicyclic) bond motifs is 4. The highest BCUT2D eigenvalue weighted by atomic mass is 16.2. The van der Waals surface area contributed by atoms with Gasteiger partial charge in [-0.15, -0.1) is 0 Å². The highest BCUT2D eigenvalue weighted by Crippen LogP contribution is 2.36. The molecule has 3 N–H and O–H groups in total. The van der Waals surface area contributed by atoms with Crippen molar-refractivity contribution >= 4 is 23.6 Å². The van der Waals surface area contributed by atoms with E-state index in [4.69, 9.17) is 5.73 Å². The smallest absolute Gasteiger partial charge is 0.262 e. The average molecular weight is 396 g/mol. The summed E-state index contributed by atoms with van der Waals surface area (Å²) in [5.41, 5.74) is 7.93. The number of piperidine rings is 3. The normalized spacial score (nSPS) is 32.0. The van der Waals surface area contributed by atoms with E-state index in [2.05, 4.69) is 10.2 Å². The van der Waals surface area contributed by atoms with Crippen molar-refractivity contribution in [3.8, 4) is 0 Å². The molecular formula is C21H24N4O4. The summed E-state index contributed by atoms with van der Waals surface area (Å²) in [6, 6.07) is 4.97. The third-order valence-corrected chi connectivity index (χ3v) is 6.82. The summed E-state index contributed by atoms with van der Waals surface area (Å²) in [5.74, 6) is -1.26. The van der Waals surface area contributed by atoms with Gasteiger partial charge in [0, 0.05) is 31.6 Å². The molecule has 4 fully saturated rings. The molecule has 4 heterocycles. The average Bonchev–Trinajstić information content (AvgIpc) is 2.93. The van der Waals surface area contributed by atoms with Crippen molar-refractivity contribution in [3.05, 3.63) is 34.9 Å². The predicted molar refractivity (Wildman–Crippen MR) is 103 cm³/mol. The van der Waals surface area contributed by atoms with Crippen LogP contribution in [0.5, 0.6) is 0 Å². The van der Waals surface area contributed by atoms with Crippen LogP contribution in [-0.4, -0.2) is 58.1 Å². The molecule has 0 radical (unpaired) electrons. The van der Waals surface area contributed by atoms with Gasteiger partial charge in [0.2, 0.25) is 11.8 Å². The van der Waals surface area contributed by atoms with E-state index in [1.54, 1.807) is 12.1 Å². The summed E-state index contributed by atoms with van der Waals surface area (Å²) in [5, 5.41) is 2.22. The summed E-state index contributed by atoms with van der Waals surface area (Å²) in [6.45, 7) is 1.72. The zero-order valence-corrected chi connectivity index (χ0v) is 16.1. The second-order valence-corrected chi connectivity index (χ2v) is 8.67. The van der Waals surface area contributed by atoms with Gasteiger partial charge in [-0.1, -0.05) is 6.07 Å². The van der Waals surface area contributed by atoms with Crippen LogP contribution in [0.1, 0.15) is 58.4 Å². The van der Waals surface area contributed by atoms with E-state index in [1.807, 2.05) is 6.07 Å². The molecule has 1 aliphatic carbocycles. The van der Waals surface area contributed by atoms with Crippen molar-refractivity contribution in [1.29, 1.82) is 0 Å². The summed E-state index contributed by atoms with van der Waals surface area (Å²) in [6.07, 6.45) is 3.70. The Morgan fingerprint density at radius 1 is 1.03 bits per heavy atom. The van der Waals surface area contributed by atoms with Crippen molar-refractivity contribution in [1.82, 2.24) is 15.1 Å². The molecule has 0 spiro atoms.